The summed E-state index contributed by atoms with van der Waals surface area (Å²) < 4.78 is 35.5. The van der Waals surface area contributed by atoms with Crippen molar-refractivity contribution < 1.29 is 17.9 Å². The molecule has 5 nitrogen and oxygen atoms in total. The Bertz CT molecular complexity index is 482. The molecular formula is C13H21NO4S. The minimum Gasteiger partial charge on any atom is -0.497 e. The maximum atomic E-state index is 11.8. The number of nitrogens with zero attached hydrogens (tertiary/aromatic N) is 1. The fourth-order valence-corrected chi connectivity index (χ4v) is 2.50. The number of hydrogen-bond donors (Lipinski definition) is 0. The molecular weight excluding hydrogens is 266 g/mol. The van der Waals surface area contributed by atoms with E-state index < -0.39 is 15.3 Å². The lowest BCUT2D eigenvalue weighted by Crippen LogP contribution is -2.35. The molecule has 0 aliphatic rings. The van der Waals surface area contributed by atoms with Gasteiger partial charge in [-0.1, -0.05) is 0 Å². The van der Waals surface area contributed by atoms with Gasteiger partial charge in [0.25, 0.3) is 0 Å². The average Bonchev–Trinajstić information content (AvgIpc) is 2.39. The molecule has 0 amide bonds. The second-order valence-corrected chi connectivity index (χ2v) is 7.04. The second kappa shape index (κ2) is 6.77. The molecule has 0 atom stereocenters. The van der Waals surface area contributed by atoms with Crippen LogP contribution in [-0.4, -0.2) is 45.3 Å². The van der Waals surface area contributed by atoms with Crippen molar-refractivity contribution >= 4 is 10.0 Å². The number of likely N-dealkylation sites (N-methyl/N-ethyl adjacent to an activating group) is 1. The Hall–Kier alpha value is -1.27. The minimum absolute atomic E-state index is 0.314. The van der Waals surface area contributed by atoms with Crippen LogP contribution in [0.3, 0.4) is 0 Å². The first kappa shape index (κ1) is 15.8. The Morgan fingerprint density at radius 1 is 1.16 bits per heavy atom. The first-order valence-electron chi connectivity index (χ1n) is 6.10. The van der Waals surface area contributed by atoms with Crippen LogP contribution in [0.5, 0.6) is 11.5 Å². The minimum atomic E-state index is -3.21. The van der Waals surface area contributed by atoms with Crippen LogP contribution in [0.4, 0.5) is 0 Å². The zero-order valence-corrected chi connectivity index (χ0v) is 12.6. The monoisotopic (exact) mass is 287 g/mol. The summed E-state index contributed by atoms with van der Waals surface area (Å²) in [7, 11) is -0.0476. The number of rotatable bonds is 7. The number of sulfonamides is 1. The van der Waals surface area contributed by atoms with E-state index in [9.17, 15) is 8.42 Å². The van der Waals surface area contributed by atoms with Crippen LogP contribution in [0.1, 0.15) is 13.8 Å². The molecule has 0 fully saturated rings. The van der Waals surface area contributed by atoms with Gasteiger partial charge in [-0.05, 0) is 38.1 Å². The predicted octanol–water partition coefficient (Wildman–Crippen LogP) is 1.74. The van der Waals surface area contributed by atoms with Crippen LogP contribution in [0.15, 0.2) is 24.3 Å². The number of hydrogen-bond acceptors (Lipinski definition) is 4. The van der Waals surface area contributed by atoms with E-state index in [0.29, 0.717) is 18.9 Å². The van der Waals surface area contributed by atoms with Crippen LogP contribution < -0.4 is 9.47 Å². The second-order valence-electron chi connectivity index (χ2n) is 4.44. The van der Waals surface area contributed by atoms with Crippen molar-refractivity contribution in [3.63, 3.8) is 0 Å². The third-order valence-corrected chi connectivity index (χ3v) is 5.01. The van der Waals surface area contributed by atoms with E-state index in [-0.39, 0.29) is 0 Å². The summed E-state index contributed by atoms with van der Waals surface area (Å²) in [6, 6.07) is 7.17. The Labute approximate surface area is 115 Å². The van der Waals surface area contributed by atoms with Crippen LogP contribution in [0.2, 0.25) is 0 Å². The summed E-state index contributed by atoms with van der Waals surface area (Å²) in [5, 5.41) is -0.418. The van der Waals surface area contributed by atoms with E-state index >= 15 is 0 Å². The quantitative estimate of drug-likeness (QED) is 0.766. The zero-order valence-electron chi connectivity index (χ0n) is 11.8. The normalized spacial score (nSPS) is 11.9. The fourth-order valence-electron chi connectivity index (χ4n) is 1.45. The van der Waals surface area contributed by atoms with Gasteiger partial charge < -0.3 is 9.47 Å². The lowest BCUT2D eigenvalue weighted by Gasteiger charge is -2.19. The molecule has 0 N–H and O–H groups in total. The lowest BCUT2D eigenvalue weighted by molar-refractivity contribution is 0.286. The van der Waals surface area contributed by atoms with Crippen molar-refractivity contribution in [1.29, 1.82) is 0 Å². The maximum Gasteiger partial charge on any atom is 0.216 e. The predicted molar refractivity (Wildman–Crippen MR) is 75.2 cm³/mol. The highest BCUT2D eigenvalue weighted by Gasteiger charge is 2.21. The van der Waals surface area contributed by atoms with Crippen molar-refractivity contribution in [3.8, 4) is 11.5 Å². The molecule has 0 unspecified atom stereocenters. The van der Waals surface area contributed by atoms with E-state index in [1.165, 1.54) is 4.31 Å². The van der Waals surface area contributed by atoms with Gasteiger partial charge in [-0.3, -0.25) is 0 Å². The van der Waals surface area contributed by atoms with Crippen LogP contribution in [-0.2, 0) is 10.0 Å². The highest BCUT2D eigenvalue weighted by atomic mass is 32.2. The molecule has 0 saturated heterocycles. The molecule has 1 aromatic carbocycles. The number of methoxy groups -OCH3 is 1. The number of benzene rings is 1. The fraction of sp³-hybridized carbons (Fsp3) is 0.538. The third kappa shape index (κ3) is 4.40. The molecule has 1 rings (SSSR count). The molecule has 0 aliphatic carbocycles. The molecule has 108 valence electrons. The summed E-state index contributed by atoms with van der Waals surface area (Å²) in [6.07, 6.45) is 0. The van der Waals surface area contributed by atoms with Crippen molar-refractivity contribution in [2.24, 2.45) is 0 Å². The summed E-state index contributed by atoms with van der Waals surface area (Å²) in [5.41, 5.74) is 0. The molecule has 1 aromatic rings. The van der Waals surface area contributed by atoms with Crippen molar-refractivity contribution in [2.45, 2.75) is 19.1 Å². The Morgan fingerprint density at radius 2 is 1.68 bits per heavy atom. The van der Waals surface area contributed by atoms with Gasteiger partial charge in [-0.15, -0.1) is 0 Å². The summed E-state index contributed by atoms with van der Waals surface area (Å²) in [6.45, 7) is 3.97. The van der Waals surface area contributed by atoms with E-state index in [4.69, 9.17) is 9.47 Å². The average molecular weight is 287 g/mol. The van der Waals surface area contributed by atoms with Crippen molar-refractivity contribution in [1.82, 2.24) is 4.31 Å². The van der Waals surface area contributed by atoms with Gasteiger partial charge in [0.1, 0.15) is 18.1 Å². The van der Waals surface area contributed by atoms with Gasteiger partial charge in [0, 0.05) is 13.6 Å². The molecule has 0 radical (unpaired) electrons. The molecule has 0 aromatic heterocycles. The van der Waals surface area contributed by atoms with Gasteiger partial charge in [0.2, 0.25) is 10.0 Å². The molecule has 0 saturated carbocycles. The van der Waals surface area contributed by atoms with Crippen molar-refractivity contribution in [2.75, 3.05) is 27.3 Å². The summed E-state index contributed by atoms with van der Waals surface area (Å²) >= 11 is 0. The molecule has 0 spiro atoms. The zero-order chi connectivity index (χ0) is 14.5. The Kier molecular flexibility index (Phi) is 5.62. The topological polar surface area (TPSA) is 55.8 Å². The molecule has 0 bridgehead atoms. The standard InChI is InChI=1S/C13H21NO4S/c1-11(2)19(15,16)14(3)9-10-18-13-7-5-12(17-4)6-8-13/h5-8,11H,9-10H2,1-4H3. The van der Waals surface area contributed by atoms with Gasteiger partial charge in [0.05, 0.1) is 12.4 Å². The molecule has 0 heterocycles. The van der Waals surface area contributed by atoms with Gasteiger partial charge >= 0.3 is 0 Å². The summed E-state index contributed by atoms with van der Waals surface area (Å²) in [5.74, 6) is 1.45. The number of ether oxygens (including phenoxy) is 2. The highest BCUT2D eigenvalue weighted by Crippen LogP contribution is 2.17. The van der Waals surface area contributed by atoms with E-state index in [1.807, 2.05) is 0 Å². The van der Waals surface area contributed by atoms with Gasteiger partial charge in [0.15, 0.2) is 0 Å². The van der Waals surface area contributed by atoms with E-state index in [1.54, 1.807) is 52.3 Å². The third-order valence-electron chi connectivity index (χ3n) is 2.76. The van der Waals surface area contributed by atoms with Crippen LogP contribution in [0.25, 0.3) is 0 Å². The van der Waals surface area contributed by atoms with Crippen LogP contribution >= 0.6 is 0 Å². The highest BCUT2D eigenvalue weighted by molar-refractivity contribution is 7.89. The maximum absolute atomic E-state index is 11.8. The molecule has 19 heavy (non-hydrogen) atoms. The Balaban J connectivity index is 2.46. The van der Waals surface area contributed by atoms with Crippen molar-refractivity contribution in [3.05, 3.63) is 24.3 Å². The van der Waals surface area contributed by atoms with E-state index in [2.05, 4.69) is 0 Å². The first-order valence-corrected chi connectivity index (χ1v) is 7.60. The summed E-state index contributed by atoms with van der Waals surface area (Å²) in [4.78, 5) is 0. The molecule has 6 heteroatoms. The largest absolute Gasteiger partial charge is 0.497 e. The lowest BCUT2D eigenvalue weighted by atomic mass is 10.3. The van der Waals surface area contributed by atoms with Gasteiger partial charge in [-0.2, -0.15) is 0 Å². The van der Waals surface area contributed by atoms with Gasteiger partial charge in [-0.25, -0.2) is 12.7 Å². The SMILES string of the molecule is COc1ccc(OCCN(C)S(=O)(=O)C(C)C)cc1. The Morgan fingerprint density at radius 3 is 2.16 bits per heavy atom. The van der Waals surface area contributed by atoms with Crippen LogP contribution in [0, 0.1) is 0 Å². The first-order chi connectivity index (χ1) is 8.87. The molecule has 0 aliphatic heterocycles. The van der Waals surface area contributed by atoms with E-state index in [0.717, 1.165) is 5.75 Å². The smallest absolute Gasteiger partial charge is 0.216 e.